The van der Waals surface area contributed by atoms with Crippen molar-refractivity contribution >= 4 is 29.0 Å². The average molecular weight is 294 g/mol. The molecule has 0 aliphatic heterocycles. The zero-order chi connectivity index (χ0) is 15.1. The number of carbonyl (C=O) groups excluding carboxylic acids is 1. The zero-order valence-corrected chi connectivity index (χ0v) is 13.3. The Balaban J connectivity index is 2.78. The fourth-order valence-corrected chi connectivity index (χ4v) is 2.30. The first-order valence-corrected chi connectivity index (χ1v) is 7.15. The third kappa shape index (κ3) is 4.49. The molecule has 0 aliphatic rings. The summed E-state index contributed by atoms with van der Waals surface area (Å²) in [5, 5.41) is 6.92. The molecule has 0 bridgehead atoms. The van der Waals surface area contributed by atoms with E-state index in [9.17, 15) is 4.79 Å². The third-order valence-corrected chi connectivity index (χ3v) is 3.31. The maximum absolute atomic E-state index is 11.6. The van der Waals surface area contributed by atoms with Gasteiger partial charge in [-0.15, -0.1) is 0 Å². The first-order chi connectivity index (χ1) is 9.49. The summed E-state index contributed by atoms with van der Waals surface area (Å²) >= 11 is 5.29. The third-order valence-electron chi connectivity index (χ3n) is 3.09. The molecule has 2 N–H and O–H groups in total. The minimum Gasteiger partial charge on any atom is -0.465 e. The SMILES string of the molecule is CCC[C@@H](C)NC(=S)Nc1cccc(C(=O)OC)c1C. The Labute approximate surface area is 125 Å². The lowest BCUT2D eigenvalue weighted by atomic mass is 10.1. The van der Waals surface area contributed by atoms with E-state index < -0.39 is 0 Å². The highest BCUT2D eigenvalue weighted by Gasteiger charge is 2.12. The number of rotatable bonds is 5. The second kappa shape index (κ2) is 7.85. The second-order valence-corrected chi connectivity index (χ2v) is 5.17. The maximum Gasteiger partial charge on any atom is 0.338 e. The molecule has 0 fully saturated rings. The van der Waals surface area contributed by atoms with Crippen molar-refractivity contribution in [3.63, 3.8) is 0 Å². The summed E-state index contributed by atoms with van der Waals surface area (Å²) in [4.78, 5) is 11.6. The van der Waals surface area contributed by atoms with E-state index in [4.69, 9.17) is 17.0 Å². The molecule has 0 heterocycles. The van der Waals surface area contributed by atoms with Gasteiger partial charge in [0.15, 0.2) is 5.11 Å². The smallest absolute Gasteiger partial charge is 0.338 e. The summed E-state index contributed by atoms with van der Waals surface area (Å²) in [7, 11) is 1.38. The molecule has 1 rings (SSSR count). The van der Waals surface area contributed by atoms with Crippen LogP contribution in [-0.4, -0.2) is 24.2 Å². The molecule has 0 spiro atoms. The van der Waals surface area contributed by atoms with Crippen LogP contribution < -0.4 is 10.6 Å². The van der Waals surface area contributed by atoms with Crippen molar-refractivity contribution in [3.8, 4) is 0 Å². The molecule has 0 saturated carbocycles. The first-order valence-electron chi connectivity index (χ1n) is 6.75. The molecule has 0 unspecified atom stereocenters. The normalized spacial score (nSPS) is 11.6. The molecule has 0 radical (unpaired) electrons. The summed E-state index contributed by atoms with van der Waals surface area (Å²) < 4.78 is 4.76. The van der Waals surface area contributed by atoms with Crippen LogP contribution in [0.4, 0.5) is 5.69 Å². The van der Waals surface area contributed by atoms with E-state index in [1.165, 1.54) is 7.11 Å². The molecule has 1 aromatic carbocycles. The Morgan fingerprint density at radius 2 is 2.15 bits per heavy atom. The number of esters is 1. The second-order valence-electron chi connectivity index (χ2n) is 4.76. The van der Waals surface area contributed by atoms with Crippen molar-refractivity contribution in [1.29, 1.82) is 0 Å². The van der Waals surface area contributed by atoms with E-state index in [-0.39, 0.29) is 5.97 Å². The van der Waals surface area contributed by atoms with Crippen LogP contribution in [0.1, 0.15) is 42.6 Å². The number of carbonyl (C=O) groups is 1. The minimum atomic E-state index is -0.343. The van der Waals surface area contributed by atoms with Crippen molar-refractivity contribution in [1.82, 2.24) is 5.32 Å². The average Bonchev–Trinajstić information content (AvgIpc) is 2.40. The van der Waals surface area contributed by atoms with E-state index in [0.717, 1.165) is 24.1 Å². The van der Waals surface area contributed by atoms with Crippen molar-refractivity contribution in [2.45, 2.75) is 39.7 Å². The Bertz CT molecular complexity index is 489. The van der Waals surface area contributed by atoms with Crippen molar-refractivity contribution in [3.05, 3.63) is 29.3 Å². The van der Waals surface area contributed by atoms with Crippen molar-refractivity contribution < 1.29 is 9.53 Å². The van der Waals surface area contributed by atoms with Gasteiger partial charge in [0.25, 0.3) is 0 Å². The lowest BCUT2D eigenvalue weighted by Crippen LogP contribution is -2.36. The van der Waals surface area contributed by atoms with Gasteiger partial charge in [-0.3, -0.25) is 0 Å². The summed E-state index contributed by atoms with van der Waals surface area (Å²) in [6, 6.07) is 5.76. The molecule has 1 atom stereocenters. The topological polar surface area (TPSA) is 50.4 Å². The molecule has 0 aliphatic carbocycles. The van der Waals surface area contributed by atoms with E-state index in [1.54, 1.807) is 12.1 Å². The number of anilines is 1. The standard InChI is InChI=1S/C15H22N2O2S/c1-5-7-10(2)16-15(20)17-13-9-6-8-12(11(13)3)14(18)19-4/h6,8-10H,5,7H2,1-4H3,(H2,16,17,20)/t10-/m1/s1. The monoisotopic (exact) mass is 294 g/mol. The van der Waals surface area contributed by atoms with Gasteiger partial charge in [-0.1, -0.05) is 19.4 Å². The molecule has 110 valence electrons. The van der Waals surface area contributed by atoms with Crippen LogP contribution in [-0.2, 0) is 4.74 Å². The van der Waals surface area contributed by atoms with E-state index >= 15 is 0 Å². The molecule has 1 aromatic rings. The van der Waals surface area contributed by atoms with Gasteiger partial charge in [0, 0.05) is 11.7 Å². The van der Waals surface area contributed by atoms with Gasteiger partial charge in [0.2, 0.25) is 0 Å². The van der Waals surface area contributed by atoms with E-state index in [2.05, 4.69) is 24.5 Å². The molecule has 0 amide bonds. The van der Waals surface area contributed by atoms with Crippen LogP contribution >= 0.6 is 12.2 Å². The van der Waals surface area contributed by atoms with Gasteiger partial charge in [0.05, 0.1) is 12.7 Å². The summed E-state index contributed by atoms with van der Waals surface area (Å²) in [6.07, 6.45) is 2.16. The Morgan fingerprint density at radius 3 is 2.75 bits per heavy atom. The predicted molar refractivity (Wildman–Crippen MR) is 86.2 cm³/mol. The van der Waals surface area contributed by atoms with E-state index in [1.807, 2.05) is 13.0 Å². The summed E-state index contributed by atoms with van der Waals surface area (Å²) in [5.74, 6) is -0.343. The van der Waals surface area contributed by atoms with E-state index in [0.29, 0.717) is 16.7 Å². The molecule has 20 heavy (non-hydrogen) atoms. The Hall–Kier alpha value is -1.62. The highest BCUT2D eigenvalue weighted by atomic mass is 32.1. The van der Waals surface area contributed by atoms with Gasteiger partial charge in [-0.25, -0.2) is 4.79 Å². The molecular weight excluding hydrogens is 272 g/mol. The van der Waals surface area contributed by atoms with Gasteiger partial charge < -0.3 is 15.4 Å². The molecule has 5 heteroatoms. The van der Waals surface area contributed by atoms with Crippen molar-refractivity contribution in [2.75, 3.05) is 12.4 Å². The van der Waals surface area contributed by atoms with Gasteiger partial charge in [-0.2, -0.15) is 0 Å². The van der Waals surface area contributed by atoms with Gasteiger partial charge >= 0.3 is 5.97 Å². The molecule has 4 nitrogen and oxygen atoms in total. The highest BCUT2D eigenvalue weighted by Crippen LogP contribution is 2.19. The van der Waals surface area contributed by atoms with Crippen LogP contribution in [0.15, 0.2) is 18.2 Å². The number of benzene rings is 1. The number of nitrogens with one attached hydrogen (secondary N) is 2. The lowest BCUT2D eigenvalue weighted by molar-refractivity contribution is 0.0600. The summed E-state index contributed by atoms with van der Waals surface area (Å²) in [5.41, 5.74) is 2.18. The number of thiocarbonyl (C=S) groups is 1. The number of hydrogen-bond acceptors (Lipinski definition) is 3. The Kier molecular flexibility index (Phi) is 6.45. The molecular formula is C15H22N2O2S. The summed E-state index contributed by atoms with van der Waals surface area (Å²) in [6.45, 7) is 6.10. The number of ether oxygens (including phenoxy) is 1. The fourth-order valence-electron chi connectivity index (χ4n) is 1.99. The molecule has 0 aromatic heterocycles. The van der Waals surface area contributed by atoms with Crippen LogP contribution in [0.3, 0.4) is 0 Å². The lowest BCUT2D eigenvalue weighted by Gasteiger charge is -2.18. The quantitative estimate of drug-likeness (QED) is 0.645. The van der Waals surface area contributed by atoms with Crippen LogP contribution in [0.25, 0.3) is 0 Å². The van der Waals surface area contributed by atoms with Crippen LogP contribution in [0, 0.1) is 6.92 Å². The Morgan fingerprint density at radius 1 is 1.45 bits per heavy atom. The first kappa shape index (κ1) is 16.4. The maximum atomic E-state index is 11.6. The number of methoxy groups -OCH3 is 1. The van der Waals surface area contributed by atoms with Crippen molar-refractivity contribution in [2.24, 2.45) is 0 Å². The zero-order valence-electron chi connectivity index (χ0n) is 12.4. The number of hydrogen-bond donors (Lipinski definition) is 2. The van der Waals surface area contributed by atoms with Crippen LogP contribution in [0.5, 0.6) is 0 Å². The van der Waals surface area contributed by atoms with Gasteiger partial charge in [0.1, 0.15) is 0 Å². The molecule has 0 saturated heterocycles. The fraction of sp³-hybridized carbons (Fsp3) is 0.467. The van der Waals surface area contributed by atoms with Crippen LogP contribution in [0.2, 0.25) is 0 Å². The predicted octanol–water partition coefficient (Wildman–Crippen LogP) is 3.26. The largest absolute Gasteiger partial charge is 0.465 e. The minimum absolute atomic E-state index is 0.323. The van der Waals surface area contributed by atoms with Gasteiger partial charge in [-0.05, 0) is 50.2 Å². The highest BCUT2D eigenvalue weighted by molar-refractivity contribution is 7.80.